The molecule has 9 heteroatoms. The third-order valence-electron chi connectivity index (χ3n) is 6.68. The molecular formula is C29H30F3N5O. The first-order chi connectivity index (χ1) is 18.1. The molecule has 1 saturated heterocycles. The molecule has 3 aromatic rings. The number of anilines is 2. The zero-order valence-electron chi connectivity index (χ0n) is 21.4. The quantitative estimate of drug-likeness (QED) is 0.429. The van der Waals surface area contributed by atoms with Gasteiger partial charge in [0.05, 0.1) is 17.2 Å². The van der Waals surface area contributed by atoms with Crippen molar-refractivity contribution in [2.75, 3.05) is 56.5 Å². The number of carbonyl (C=O) groups excluding carboxylic acids is 1. The molecule has 1 heterocycles. The van der Waals surface area contributed by atoms with E-state index in [2.05, 4.69) is 28.2 Å². The second-order valence-electron chi connectivity index (χ2n) is 9.55. The lowest BCUT2D eigenvalue weighted by molar-refractivity contribution is 0.0138. The maximum absolute atomic E-state index is 14.0. The van der Waals surface area contributed by atoms with Crippen molar-refractivity contribution in [3.8, 4) is 17.2 Å². The summed E-state index contributed by atoms with van der Waals surface area (Å²) >= 11 is 0. The molecule has 2 amide bonds. The number of piperazine rings is 1. The minimum absolute atomic E-state index is 0.0856. The molecule has 3 aromatic carbocycles. The SMILES string of the molecule is CN1CCN(CCN(C(=O)Nc2ccc(F)c(C(C)(F)F)c2)c2ccc(-c3cccc(C#N)c3)cc2)CC1. The number of nitrogens with one attached hydrogen (secondary N) is 1. The van der Waals surface area contributed by atoms with E-state index in [0.717, 1.165) is 49.4 Å². The Morgan fingerprint density at radius 1 is 1.03 bits per heavy atom. The summed E-state index contributed by atoms with van der Waals surface area (Å²) in [4.78, 5) is 19.5. The van der Waals surface area contributed by atoms with Crippen LogP contribution in [0.3, 0.4) is 0 Å². The summed E-state index contributed by atoms with van der Waals surface area (Å²) in [5, 5.41) is 11.9. The highest BCUT2D eigenvalue weighted by Crippen LogP contribution is 2.31. The topological polar surface area (TPSA) is 62.6 Å². The summed E-state index contributed by atoms with van der Waals surface area (Å²) < 4.78 is 41.7. The largest absolute Gasteiger partial charge is 0.326 e. The standard InChI is InChI=1S/C29H30F3N5O/c1-29(31,32)26-19-24(8-11-27(26)30)34-28(38)37(17-16-36-14-12-35(2)13-15-36)25-9-6-22(7-10-25)23-5-3-4-21(18-23)20-33/h3-11,18-19H,12-17H2,1-2H3,(H,34,38). The highest BCUT2D eigenvalue weighted by Gasteiger charge is 2.29. The number of halogens is 3. The Balaban J connectivity index is 1.57. The Morgan fingerprint density at radius 3 is 2.39 bits per heavy atom. The van der Waals surface area contributed by atoms with Gasteiger partial charge in [0, 0.05) is 57.6 Å². The molecule has 0 saturated carbocycles. The van der Waals surface area contributed by atoms with Gasteiger partial charge < -0.3 is 10.2 Å². The predicted molar refractivity (Wildman–Crippen MR) is 143 cm³/mol. The van der Waals surface area contributed by atoms with Crippen LogP contribution >= 0.6 is 0 Å². The van der Waals surface area contributed by atoms with Crippen LogP contribution in [0.1, 0.15) is 18.1 Å². The van der Waals surface area contributed by atoms with Crippen molar-refractivity contribution in [2.45, 2.75) is 12.8 Å². The summed E-state index contributed by atoms with van der Waals surface area (Å²) in [6.07, 6.45) is 0. The van der Waals surface area contributed by atoms with Gasteiger partial charge in [-0.25, -0.2) is 18.0 Å². The van der Waals surface area contributed by atoms with E-state index in [4.69, 9.17) is 0 Å². The second-order valence-corrected chi connectivity index (χ2v) is 9.55. The molecule has 198 valence electrons. The number of rotatable bonds is 7. The average Bonchev–Trinajstić information content (AvgIpc) is 2.90. The van der Waals surface area contributed by atoms with Gasteiger partial charge in [0.25, 0.3) is 5.92 Å². The van der Waals surface area contributed by atoms with Crippen molar-refractivity contribution in [1.82, 2.24) is 9.80 Å². The van der Waals surface area contributed by atoms with Crippen molar-refractivity contribution >= 4 is 17.4 Å². The second kappa shape index (κ2) is 11.7. The number of nitriles is 1. The lowest BCUT2D eigenvalue weighted by atomic mass is 10.0. The van der Waals surface area contributed by atoms with Gasteiger partial charge in [0.1, 0.15) is 5.82 Å². The smallest absolute Gasteiger partial charge is 0.308 e. The molecule has 0 atom stereocenters. The van der Waals surface area contributed by atoms with E-state index in [9.17, 15) is 23.2 Å². The van der Waals surface area contributed by atoms with Gasteiger partial charge in [-0.3, -0.25) is 9.80 Å². The Hall–Kier alpha value is -3.87. The Kier molecular flexibility index (Phi) is 8.35. The molecule has 0 aromatic heterocycles. The average molecular weight is 522 g/mol. The molecular weight excluding hydrogens is 491 g/mol. The molecule has 1 aliphatic heterocycles. The van der Waals surface area contributed by atoms with Crippen LogP contribution in [0.15, 0.2) is 66.7 Å². The van der Waals surface area contributed by atoms with Crippen LogP contribution in [0.4, 0.5) is 29.3 Å². The summed E-state index contributed by atoms with van der Waals surface area (Å²) in [5.41, 5.74) is 2.25. The monoisotopic (exact) mass is 521 g/mol. The number of benzene rings is 3. The number of hydrogen-bond donors (Lipinski definition) is 1. The Labute approximate surface area is 220 Å². The van der Waals surface area contributed by atoms with Crippen molar-refractivity contribution in [1.29, 1.82) is 5.26 Å². The molecule has 1 N–H and O–H groups in total. The number of carbonyl (C=O) groups is 1. The molecule has 6 nitrogen and oxygen atoms in total. The maximum Gasteiger partial charge on any atom is 0.326 e. The Morgan fingerprint density at radius 2 is 1.74 bits per heavy atom. The molecule has 0 radical (unpaired) electrons. The number of urea groups is 1. The first-order valence-corrected chi connectivity index (χ1v) is 12.4. The van der Waals surface area contributed by atoms with Gasteiger partial charge in [0.2, 0.25) is 0 Å². The minimum Gasteiger partial charge on any atom is -0.308 e. The lowest BCUT2D eigenvalue weighted by Gasteiger charge is -2.34. The van der Waals surface area contributed by atoms with E-state index in [1.165, 1.54) is 6.07 Å². The first-order valence-electron chi connectivity index (χ1n) is 12.4. The van der Waals surface area contributed by atoms with Gasteiger partial charge in [-0.05, 0) is 60.6 Å². The van der Waals surface area contributed by atoms with Crippen LogP contribution in [0.25, 0.3) is 11.1 Å². The molecule has 38 heavy (non-hydrogen) atoms. The van der Waals surface area contributed by atoms with Gasteiger partial charge >= 0.3 is 6.03 Å². The fraction of sp³-hybridized carbons (Fsp3) is 0.310. The molecule has 0 bridgehead atoms. The highest BCUT2D eigenvalue weighted by atomic mass is 19.3. The molecule has 1 aliphatic rings. The molecule has 0 unspecified atom stereocenters. The van der Waals surface area contributed by atoms with Gasteiger partial charge in [-0.15, -0.1) is 0 Å². The molecule has 0 aliphatic carbocycles. The normalized spacial score (nSPS) is 14.6. The van der Waals surface area contributed by atoms with E-state index >= 15 is 0 Å². The molecule has 4 rings (SSSR count). The number of likely N-dealkylation sites (N-methyl/N-ethyl adjacent to an activating group) is 1. The van der Waals surface area contributed by atoms with Crippen molar-refractivity contribution in [3.05, 3.63) is 83.7 Å². The highest BCUT2D eigenvalue weighted by molar-refractivity contribution is 6.02. The van der Waals surface area contributed by atoms with Crippen LogP contribution in [0.2, 0.25) is 0 Å². The van der Waals surface area contributed by atoms with Crippen molar-refractivity contribution in [3.63, 3.8) is 0 Å². The van der Waals surface area contributed by atoms with Crippen molar-refractivity contribution in [2.24, 2.45) is 0 Å². The van der Waals surface area contributed by atoms with Gasteiger partial charge in [0.15, 0.2) is 0 Å². The number of alkyl halides is 2. The van der Waals surface area contributed by atoms with Crippen LogP contribution in [0.5, 0.6) is 0 Å². The maximum atomic E-state index is 14.0. The van der Waals surface area contributed by atoms with Gasteiger partial charge in [-0.2, -0.15) is 5.26 Å². The third-order valence-corrected chi connectivity index (χ3v) is 6.68. The summed E-state index contributed by atoms with van der Waals surface area (Å²) in [6, 6.07) is 19.4. The van der Waals surface area contributed by atoms with E-state index in [0.29, 0.717) is 31.3 Å². The van der Waals surface area contributed by atoms with Crippen LogP contribution in [0, 0.1) is 17.1 Å². The predicted octanol–water partition coefficient (Wildman–Crippen LogP) is 5.76. The first kappa shape index (κ1) is 27.2. The lowest BCUT2D eigenvalue weighted by Crippen LogP contribution is -2.48. The summed E-state index contributed by atoms with van der Waals surface area (Å²) in [7, 11) is 2.07. The van der Waals surface area contributed by atoms with Crippen LogP contribution in [-0.2, 0) is 5.92 Å². The summed E-state index contributed by atoms with van der Waals surface area (Å²) in [5.74, 6) is -4.41. The number of amides is 2. The molecule has 0 spiro atoms. The fourth-order valence-corrected chi connectivity index (χ4v) is 4.39. The van der Waals surface area contributed by atoms with Crippen molar-refractivity contribution < 1.29 is 18.0 Å². The zero-order chi connectivity index (χ0) is 27.3. The minimum atomic E-state index is -3.38. The van der Waals surface area contributed by atoms with Gasteiger partial charge in [-0.1, -0.05) is 24.3 Å². The van der Waals surface area contributed by atoms with E-state index in [1.54, 1.807) is 17.0 Å². The zero-order valence-corrected chi connectivity index (χ0v) is 21.4. The van der Waals surface area contributed by atoms with E-state index < -0.39 is 23.3 Å². The third kappa shape index (κ3) is 6.71. The Bertz CT molecular complexity index is 1310. The van der Waals surface area contributed by atoms with Crippen LogP contribution < -0.4 is 10.2 Å². The fourth-order valence-electron chi connectivity index (χ4n) is 4.39. The summed E-state index contributed by atoms with van der Waals surface area (Å²) in [6.45, 7) is 5.26. The number of nitrogens with zero attached hydrogens (tertiary/aromatic N) is 4. The van der Waals surface area contributed by atoms with E-state index in [-0.39, 0.29) is 5.69 Å². The number of hydrogen-bond acceptors (Lipinski definition) is 4. The van der Waals surface area contributed by atoms with Crippen LogP contribution in [-0.4, -0.2) is 62.1 Å². The molecule has 1 fully saturated rings. The van der Waals surface area contributed by atoms with E-state index in [1.807, 2.05) is 36.4 Å².